The summed E-state index contributed by atoms with van der Waals surface area (Å²) in [6.45, 7) is 3.96. The van der Waals surface area contributed by atoms with Crippen LogP contribution in [0.1, 0.15) is 21.5 Å². The largest absolute Gasteiger partial charge is 0.388 e. The lowest BCUT2D eigenvalue weighted by molar-refractivity contribution is 0.102. The van der Waals surface area contributed by atoms with Crippen molar-refractivity contribution in [3.05, 3.63) is 59.2 Å². The van der Waals surface area contributed by atoms with E-state index in [2.05, 4.69) is 10.6 Å². The normalized spacial score (nSPS) is 10.1. The maximum Gasteiger partial charge on any atom is 0.255 e. The molecule has 0 aliphatic carbocycles. The third-order valence-electron chi connectivity index (χ3n) is 3.15. The number of carbonyl (C=O) groups excluding carboxylic acids is 1. The summed E-state index contributed by atoms with van der Waals surface area (Å²) in [6.07, 6.45) is 0. The van der Waals surface area contributed by atoms with E-state index >= 15 is 0 Å². The number of carbonyl (C=O) groups is 1. The molecule has 0 fully saturated rings. The van der Waals surface area contributed by atoms with Crippen molar-refractivity contribution in [1.29, 1.82) is 0 Å². The summed E-state index contributed by atoms with van der Waals surface area (Å²) < 4.78 is 0. The van der Waals surface area contributed by atoms with E-state index in [0.717, 1.165) is 22.5 Å². The second kappa shape index (κ2) is 5.57. The molecule has 0 bridgehead atoms. The van der Waals surface area contributed by atoms with Crippen LogP contribution in [0.15, 0.2) is 42.5 Å². The fourth-order valence-corrected chi connectivity index (χ4v) is 1.99. The summed E-state index contributed by atoms with van der Waals surface area (Å²) in [5, 5.41) is 6.02. The minimum Gasteiger partial charge on any atom is -0.388 e. The highest BCUT2D eigenvalue weighted by Crippen LogP contribution is 2.18. The summed E-state index contributed by atoms with van der Waals surface area (Å²) in [4.78, 5) is 12.2. The Morgan fingerprint density at radius 3 is 2.32 bits per heavy atom. The maximum absolute atomic E-state index is 12.2. The number of anilines is 2. The van der Waals surface area contributed by atoms with Gasteiger partial charge in [-0.3, -0.25) is 4.79 Å². The summed E-state index contributed by atoms with van der Waals surface area (Å²) in [6, 6.07) is 13.4. The molecular formula is C16H18N2O. The zero-order chi connectivity index (χ0) is 13.8. The molecule has 0 saturated heterocycles. The molecule has 2 aromatic rings. The molecule has 0 aliphatic heterocycles. The molecule has 3 nitrogen and oxygen atoms in total. The molecule has 0 saturated carbocycles. The van der Waals surface area contributed by atoms with Gasteiger partial charge in [-0.2, -0.15) is 0 Å². The van der Waals surface area contributed by atoms with Crippen molar-refractivity contribution in [2.75, 3.05) is 17.7 Å². The van der Waals surface area contributed by atoms with Gasteiger partial charge in [-0.15, -0.1) is 0 Å². The van der Waals surface area contributed by atoms with Crippen LogP contribution in [0.2, 0.25) is 0 Å². The minimum absolute atomic E-state index is 0.0833. The van der Waals surface area contributed by atoms with Gasteiger partial charge in [0.2, 0.25) is 0 Å². The monoisotopic (exact) mass is 254 g/mol. The Balaban J connectivity index is 2.21. The predicted molar refractivity (Wildman–Crippen MR) is 79.9 cm³/mol. The minimum atomic E-state index is -0.0833. The Morgan fingerprint density at radius 2 is 1.68 bits per heavy atom. The molecular weight excluding hydrogens is 236 g/mol. The van der Waals surface area contributed by atoms with Gasteiger partial charge in [0.25, 0.3) is 5.91 Å². The summed E-state index contributed by atoms with van der Waals surface area (Å²) in [7, 11) is 1.87. The first-order chi connectivity index (χ1) is 9.11. The number of aryl methyl sites for hydroxylation is 2. The second-order valence-electron chi connectivity index (χ2n) is 4.55. The molecule has 2 N–H and O–H groups in total. The third kappa shape index (κ3) is 2.94. The summed E-state index contributed by atoms with van der Waals surface area (Å²) >= 11 is 0. The van der Waals surface area contributed by atoms with E-state index in [1.54, 1.807) is 0 Å². The molecule has 0 atom stereocenters. The van der Waals surface area contributed by atoms with Gasteiger partial charge in [0.05, 0.1) is 0 Å². The van der Waals surface area contributed by atoms with Gasteiger partial charge in [-0.25, -0.2) is 0 Å². The van der Waals surface area contributed by atoms with Crippen LogP contribution >= 0.6 is 0 Å². The Labute approximate surface area is 113 Å². The zero-order valence-electron chi connectivity index (χ0n) is 11.4. The highest BCUT2D eigenvalue weighted by atomic mass is 16.1. The van der Waals surface area contributed by atoms with Crippen LogP contribution < -0.4 is 10.6 Å². The Hall–Kier alpha value is -2.29. The molecule has 19 heavy (non-hydrogen) atoms. The van der Waals surface area contributed by atoms with Crippen molar-refractivity contribution in [2.45, 2.75) is 13.8 Å². The molecule has 0 spiro atoms. The standard InChI is InChI=1S/C16H18N2O/c1-11-6-4-5-7-15(11)18-16(19)13-8-9-14(17-3)12(2)10-13/h4-10,17H,1-3H3,(H,18,19). The van der Waals surface area contributed by atoms with E-state index in [9.17, 15) is 4.79 Å². The fourth-order valence-electron chi connectivity index (χ4n) is 1.99. The first-order valence-electron chi connectivity index (χ1n) is 6.27. The molecule has 1 amide bonds. The van der Waals surface area contributed by atoms with Crippen molar-refractivity contribution < 1.29 is 4.79 Å². The lowest BCUT2D eigenvalue weighted by Gasteiger charge is -2.10. The van der Waals surface area contributed by atoms with Gasteiger partial charge in [-0.05, 0) is 49.2 Å². The molecule has 3 heteroatoms. The smallest absolute Gasteiger partial charge is 0.255 e. The highest BCUT2D eigenvalue weighted by Gasteiger charge is 2.08. The zero-order valence-corrected chi connectivity index (χ0v) is 11.4. The van der Waals surface area contributed by atoms with Crippen LogP contribution in [0.3, 0.4) is 0 Å². The molecule has 0 aromatic heterocycles. The fraction of sp³-hybridized carbons (Fsp3) is 0.188. The molecule has 98 valence electrons. The number of hydrogen-bond donors (Lipinski definition) is 2. The van der Waals surface area contributed by atoms with Crippen LogP contribution in [-0.2, 0) is 0 Å². The molecule has 0 radical (unpaired) electrons. The summed E-state index contributed by atoms with van der Waals surface area (Å²) in [5.74, 6) is -0.0833. The van der Waals surface area contributed by atoms with Gasteiger partial charge in [0.1, 0.15) is 0 Å². The molecule has 2 aromatic carbocycles. The number of hydrogen-bond acceptors (Lipinski definition) is 2. The van der Waals surface area contributed by atoms with Crippen LogP contribution in [0, 0.1) is 13.8 Å². The van der Waals surface area contributed by atoms with Gasteiger partial charge in [0.15, 0.2) is 0 Å². The van der Waals surface area contributed by atoms with Crippen molar-refractivity contribution in [3.63, 3.8) is 0 Å². The lowest BCUT2D eigenvalue weighted by atomic mass is 10.1. The van der Waals surface area contributed by atoms with E-state index < -0.39 is 0 Å². The molecule has 0 heterocycles. The molecule has 0 unspecified atom stereocenters. The van der Waals surface area contributed by atoms with Crippen LogP contribution in [0.4, 0.5) is 11.4 Å². The van der Waals surface area contributed by atoms with Crippen molar-refractivity contribution in [3.8, 4) is 0 Å². The van der Waals surface area contributed by atoms with Crippen LogP contribution in [0.5, 0.6) is 0 Å². The SMILES string of the molecule is CNc1ccc(C(=O)Nc2ccccc2C)cc1C. The number of benzene rings is 2. The van der Waals surface area contributed by atoms with Crippen molar-refractivity contribution in [1.82, 2.24) is 0 Å². The Kier molecular flexibility index (Phi) is 3.85. The first-order valence-corrected chi connectivity index (χ1v) is 6.27. The number of nitrogens with one attached hydrogen (secondary N) is 2. The predicted octanol–water partition coefficient (Wildman–Crippen LogP) is 3.60. The van der Waals surface area contributed by atoms with Crippen LogP contribution in [0.25, 0.3) is 0 Å². The number of para-hydroxylation sites is 1. The van der Waals surface area contributed by atoms with E-state index in [4.69, 9.17) is 0 Å². The molecule has 2 rings (SSSR count). The van der Waals surface area contributed by atoms with Crippen molar-refractivity contribution in [2.24, 2.45) is 0 Å². The third-order valence-corrected chi connectivity index (χ3v) is 3.15. The maximum atomic E-state index is 12.2. The van der Waals surface area contributed by atoms with Gasteiger partial charge >= 0.3 is 0 Å². The van der Waals surface area contributed by atoms with E-state index in [1.807, 2.05) is 63.4 Å². The van der Waals surface area contributed by atoms with Gasteiger partial charge in [-0.1, -0.05) is 18.2 Å². The van der Waals surface area contributed by atoms with E-state index in [0.29, 0.717) is 5.56 Å². The first kappa shape index (κ1) is 13.1. The van der Waals surface area contributed by atoms with Crippen molar-refractivity contribution >= 4 is 17.3 Å². The Bertz CT molecular complexity index is 605. The topological polar surface area (TPSA) is 41.1 Å². The average molecular weight is 254 g/mol. The quantitative estimate of drug-likeness (QED) is 0.878. The highest BCUT2D eigenvalue weighted by molar-refractivity contribution is 6.05. The second-order valence-corrected chi connectivity index (χ2v) is 4.55. The van der Waals surface area contributed by atoms with Gasteiger partial charge < -0.3 is 10.6 Å². The van der Waals surface area contributed by atoms with E-state index in [-0.39, 0.29) is 5.91 Å². The average Bonchev–Trinajstić information content (AvgIpc) is 2.41. The van der Waals surface area contributed by atoms with Gasteiger partial charge in [0, 0.05) is 24.0 Å². The van der Waals surface area contributed by atoms with Crippen LogP contribution in [-0.4, -0.2) is 13.0 Å². The van der Waals surface area contributed by atoms with E-state index in [1.165, 1.54) is 0 Å². The number of amides is 1. The molecule has 0 aliphatic rings. The Morgan fingerprint density at radius 1 is 0.947 bits per heavy atom. The number of rotatable bonds is 3. The summed E-state index contributed by atoms with van der Waals surface area (Å²) in [5.41, 5.74) is 4.66. The lowest BCUT2D eigenvalue weighted by Crippen LogP contribution is -2.13.